The van der Waals surface area contributed by atoms with Crippen LogP contribution in [0.1, 0.15) is 13.3 Å². The van der Waals surface area contributed by atoms with Gasteiger partial charge in [-0.25, -0.2) is 4.39 Å². The minimum atomic E-state index is -0.692. The first-order valence-corrected chi connectivity index (χ1v) is 5.30. The van der Waals surface area contributed by atoms with Crippen LogP contribution in [0.15, 0.2) is 6.07 Å². The first-order valence-electron chi connectivity index (χ1n) is 4.92. The summed E-state index contributed by atoms with van der Waals surface area (Å²) in [4.78, 5) is 0. The van der Waals surface area contributed by atoms with Crippen LogP contribution in [-0.2, 0) is 0 Å². The summed E-state index contributed by atoms with van der Waals surface area (Å²) in [6, 6.07) is 1.38. The average Bonchev–Trinajstić information content (AvgIpc) is 2.25. The fourth-order valence-corrected chi connectivity index (χ4v) is 1.36. The van der Waals surface area contributed by atoms with E-state index < -0.39 is 11.9 Å². The maximum absolute atomic E-state index is 13.6. The molecule has 0 radical (unpaired) electrons. The smallest absolute Gasteiger partial charge is 0.169 e. The molecule has 6 N–H and O–H groups in total. The molecule has 0 saturated heterocycles. The zero-order valence-corrected chi connectivity index (χ0v) is 9.68. The predicted molar refractivity (Wildman–Crippen MR) is 65.0 cm³/mol. The number of aliphatic hydroxyl groups excluding tert-OH is 1. The molecule has 0 aliphatic heterocycles. The maximum atomic E-state index is 13.6. The van der Waals surface area contributed by atoms with Crippen molar-refractivity contribution >= 4 is 28.7 Å². The van der Waals surface area contributed by atoms with Crippen molar-refractivity contribution in [3.8, 4) is 0 Å². The van der Waals surface area contributed by atoms with E-state index in [-0.39, 0.29) is 28.6 Å². The van der Waals surface area contributed by atoms with E-state index in [4.69, 9.17) is 23.1 Å². The number of nitrogens with one attached hydrogen (secondary N) is 1. The van der Waals surface area contributed by atoms with Gasteiger partial charge in [0.25, 0.3) is 0 Å². The van der Waals surface area contributed by atoms with E-state index in [9.17, 15) is 9.50 Å². The van der Waals surface area contributed by atoms with Crippen molar-refractivity contribution in [2.24, 2.45) is 0 Å². The number of anilines is 3. The maximum Gasteiger partial charge on any atom is 0.169 e. The van der Waals surface area contributed by atoms with E-state index in [0.717, 1.165) is 0 Å². The molecule has 16 heavy (non-hydrogen) atoms. The zero-order valence-electron chi connectivity index (χ0n) is 8.93. The molecule has 0 spiro atoms. The lowest BCUT2D eigenvalue weighted by Gasteiger charge is -2.15. The Morgan fingerprint density at radius 1 is 1.50 bits per heavy atom. The average molecular weight is 248 g/mol. The molecule has 0 bridgehead atoms. The number of rotatable bonds is 4. The summed E-state index contributed by atoms with van der Waals surface area (Å²) in [6.45, 7) is 2.03. The second-order valence-electron chi connectivity index (χ2n) is 3.50. The fourth-order valence-electron chi connectivity index (χ4n) is 1.21. The Balaban J connectivity index is 2.92. The van der Waals surface area contributed by atoms with Crippen LogP contribution < -0.4 is 16.8 Å². The van der Waals surface area contributed by atoms with Gasteiger partial charge in [0.1, 0.15) is 5.02 Å². The molecule has 1 rings (SSSR count). The van der Waals surface area contributed by atoms with Crippen molar-refractivity contribution < 1.29 is 9.50 Å². The standard InChI is InChI=1S/C10H15ClFN3O/c1-2-5(16)4-15-10-7(14)3-6(13)8(11)9(10)12/h3,5,15-16H,2,4,13-14H2,1H3. The van der Waals surface area contributed by atoms with Gasteiger partial charge in [-0.05, 0) is 12.5 Å². The van der Waals surface area contributed by atoms with Gasteiger partial charge in [-0.15, -0.1) is 0 Å². The number of hydrogen-bond acceptors (Lipinski definition) is 4. The molecule has 0 aliphatic rings. The van der Waals surface area contributed by atoms with E-state index in [1.165, 1.54) is 6.07 Å². The van der Waals surface area contributed by atoms with E-state index in [0.29, 0.717) is 6.42 Å². The summed E-state index contributed by atoms with van der Waals surface area (Å²) in [5, 5.41) is 11.9. The molecule has 0 heterocycles. The third kappa shape index (κ3) is 2.68. The van der Waals surface area contributed by atoms with Crippen LogP contribution in [0.3, 0.4) is 0 Å². The summed E-state index contributed by atoms with van der Waals surface area (Å²) >= 11 is 5.65. The van der Waals surface area contributed by atoms with Crippen LogP contribution in [0.5, 0.6) is 0 Å². The van der Waals surface area contributed by atoms with Crippen LogP contribution >= 0.6 is 11.6 Å². The monoisotopic (exact) mass is 247 g/mol. The van der Waals surface area contributed by atoms with Gasteiger partial charge >= 0.3 is 0 Å². The topological polar surface area (TPSA) is 84.3 Å². The van der Waals surface area contributed by atoms with Crippen molar-refractivity contribution in [1.29, 1.82) is 0 Å². The van der Waals surface area contributed by atoms with Gasteiger partial charge in [0, 0.05) is 6.54 Å². The zero-order chi connectivity index (χ0) is 12.3. The molecule has 0 aliphatic carbocycles. The fraction of sp³-hybridized carbons (Fsp3) is 0.400. The molecule has 0 aromatic heterocycles. The summed E-state index contributed by atoms with van der Waals surface area (Å²) in [7, 11) is 0. The number of nitrogens with two attached hydrogens (primary N) is 2. The largest absolute Gasteiger partial charge is 0.397 e. The molecule has 1 atom stereocenters. The van der Waals surface area contributed by atoms with Crippen LogP contribution in [0.25, 0.3) is 0 Å². The van der Waals surface area contributed by atoms with Crippen molar-refractivity contribution in [2.75, 3.05) is 23.3 Å². The van der Waals surface area contributed by atoms with E-state index in [2.05, 4.69) is 5.32 Å². The third-order valence-electron chi connectivity index (χ3n) is 2.25. The molecular formula is C10H15ClFN3O. The van der Waals surface area contributed by atoms with Crippen LogP contribution in [0, 0.1) is 5.82 Å². The molecular weight excluding hydrogens is 233 g/mol. The quantitative estimate of drug-likeness (QED) is 0.612. The molecule has 1 unspecified atom stereocenters. The number of nitrogen functional groups attached to an aromatic ring is 2. The summed E-state index contributed by atoms with van der Waals surface area (Å²) in [5.74, 6) is -0.692. The summed E-state index contributed by atoms with van der Waals surface area (Å²) in [5.41, 5.74) is 11.4. The highest BCUT2D eigenvalue weighted by atomic mass is 35.5. The Morgan fingerprint density at radius 2 is 2.12 bits per heavy atom. The molecule has 4 nitrogen and oxygen atoms in total. The molecule has 0 fully saturated rings. The summed E-state index contributed by atoms with van der Waals surface area (Å²) < 4.78 is 13.6. The molecule has 0 amide bonds. The second-order valence-corrected chi connectivity index (χ2v) is 3.88. The van der Waals surface area contributed by atoms with Gasteiger partial charge in [-0.1, -0.05) is 18.5 Å². The van der Waals surface area contributed by atoms with Gasteiger partial charge in [-0.3, -0.25) is 0 Å². The molecule has 1 aromatic carbocycles. The van der Waals surface area contributed by atoms with Gasteiger partial charge < -0.3 is 21.9 Å². The summed E-state index contributed by atoms with van der Waals surface area (Å²) in [6.07, 6.45) is 0.00663. The van der Waals surface area contributed by atoms with Crippen molar-refractivity contribution in [1.82, 2.24) is 0 Å². The van der Waals surface area contributed by atoms with Crippen LogP contribution in [-0.4, -0.2) is 17.8 Å². The number of hydrogen-bond donors (Lipinski definition) is 4. The van der Waals surface area contributed by atoms with Crippen LogP contribution in [0.4, 0.5) is 21.5 Å². The first-order chi connectivity index (χ1) is 7.47. The number of aliphatic hydroxyl groups is 1. The van der Waals surface area contributed by atoms with Crippen LogP contribution in [0.2, 0.25) is 5.02 Å². The highest BCUT2D eigenvalue weighted by molar-refractivity contribution is 6.33. The number of halogens is 2. The third-order valence-corrected chi connectivity index (χ3v) is 2.64. The number of benzene rings is 1. The minimum absolute atomic E-state index is 0.0756. The van der Waals surface area contributed by atoms with E-state index >= 15 is 0 Å². The highest BCUT2D eigenvalue weighted by Crippen LogP contribution is 2.33. The van der Waals surface area contributed by atoms with Crippen molar-refractivity contribution in [3.05, 3.63) is 16.9 Å². The molecule has 90 valence electrons. The minimum Gasteiger partial charge on any atom is -0.397 e. The van der Waals surface area contributed by atoms with Gasteiger partial charge in [0.15, 0.2) is 5.82 Å². The second kappa shape index (κ2) is 5.23. The van der Waals surface area contributed by atoms with Crippen molar-refractivity contribution in [3.63, 3.8) is 0 Å². The molecule has 0 saturated carbocycles. The Morgan fingerprint density at radius 3 is 2.69 bits per heavy atom. The first kappa shape index (κ1) is 12.9. The van der Waals surface area contributed by atoms with E-state index in [1.54, 1.807) is 0 Å². The molecule has 1 aromatic rings. The van der Waals surface area contributed by atoms with Gasteiger partial charge in [0.05, 0.1) is 23.2 Å². The lowest BCUT2D eigenvalue weighted by molar-refractivity contribution is 0.183. The lowest BCUT2D eigenvalue weighted by atomic mass is 10.2. The lowest BCUT2D eigenvalue weighted by Crippen LogP contribution is -2.19. The highest BCUT2D eigenvalue weighted by Gasteiger charge is 2.14. The van der Waals surface area contributed by atoms with E-state index in [1.807, 2.05) is 6.92 Å². The molecule has 6 heteroatoms. The van der Waals surface area contributed by atoms with Crippen molar-refractivity contribution in [2.45, 2.75) is 19.4 Å². The Kier molecular flexibility index (Phi) is 4.20. The normalized spacial score (nSPS) is 12.5. The predicted octanol–water partition coefficient (Wildman–Crippen LogP) is 1.83. The SMILES string of the molecule is CCC(O)CNc1c(N)cc(N)c(Cl)c1F. The van der Waals surface area contributed by atoms with Gasteiger partial charge in [-0.2, -0.15) is 0 Å². The Hall–Kier alpha value is -1.20. The Labute approximate surface area is 98.4 Å². The van der Waals surface area contributed by atoms with Gasteiger partial charge in [0.2, 0.25) is 0 Å². The Bertz CT molecular complexity index is 387.